The summed E-state index contributed by atoms with van der Waals surface area (Å²) in [4.78, 5) is 42.0. The van der Waals surface area contributed by atoms with Gasteiger partial charge in [-0.05, 0) is 18.2 Å². The Balaban J connectivity index is 0.000000481. The Bertz CT molecular complexity index is 1140. The summed E-state index contributed by atoms with van der Waals surface area (Å²) in [5, 5.41) is 19.5. The van der Waals surface area contributed by atoms with Crippen LogP contribution in [0.4, 0.5) is 19.7 Å². The molecule has 0 radical (unpaired) electrons. The normalized spacial score (nSPS) is 14.5. The molecular formula is C21H24FN7O5. The van der Waals surface area contributed by atoms with Gasteiger partial charge in [0.2, 0.25) is 0 Å². The second kappa shape index (κ2) is 10.6. The Morgan fingerprint density at radius 1 is 1.32 bits per heavy atom. The lowest BCUT2D eigenvalue weighted by Crippen LogP contribution is -2.39. The number of nitriles is 1. The molecule has 34 heavy (non-hydrogen) atoms. The third-order valence-electron chi connectivity index (χ3n) is 5.19. The summed E-state index contributed by atoms with van der Waals surface area (Å²) in [5.74, 6) is -0.943. The van der Waals surface area contributed by atoms with E-state index in [-0.39, 0.29) is 18.0 Å². The average molecular weight is 473 g/mol. The molecule has 4 amide bonds. The first-order chi connectivity index (χ1) is 16.3. The minimum atomic E-state index is -0.643. The molecule has 0 bridgehead atoms. The highest BCUT2D eigenvalue weighted by Gasteiger charge is 2.33. The van der Waals surface area contributed by atoms with Gasteiger partial charge in [-0.2, -0.15) is 10.4 Å². The number of benzene rings is 1. The van der Waals surface area contributed by atoms with E-state index in [2.05, 4.69) is 20.5 Å². The Morgan fingerprint density at radius 3 is 2.74 bits per heavy atom. The van der Waals surface area contributed by atoms with Gasteiger partial charge in [0.25, 0.3) is 5.91 Å². The van der Waals surface area contributed by atoms with Gasteiger partial charge in [0.1, 0.15) is 17.6 Å². The molecular weight excluding hydrogens is 449 g/mol. The highest BCUT2D eigenvalue weighted by atomic mass is 19.1. The predicted octanol–water partition coefficient (Wildman–Crippen LogP) is 1.47. The molecule has 2 aromatic rings. The molecule has 2 N–H and O–H groups in total. The number of hydrogen-bond acceptors (Lipinski definition) is 7. The first-order valence-corrected chi connectivity index (χ1v) is 10.3. The van der Waals surface area contributed by atoms with Crippen LogP contribution in [0.15, 0.2) is 18.2 Å². The fourth-order valence-electron chi connectivity index (χ4n) is 3.47. The van der Waals surface area contributed by atoms with Gasteiger partial charge >= 0.3 is 12.1 Å². The standard InChI is InChI=1S/C18H17FN6O3.C3H7NO2/c1-23-17(26)16-13-10-24(5-4-15(13)22-25(16)6-7-28-23)18(27)21-12-2-3-14(19)11(8-12)9-20;1-4-3(5)6-2/h2-3,8H,4-7,10H2,1H3,(H,21,27);1-2H3,(H,4,5). The van der Waals surface area contributed by atoms with Crippen LogP contribution in [0.5, 0.6) is 0 Å². The SMILES string of the molecule is CN1OCCn2nc3c(c2C1=O)CN(C(=O)Nc1ccc(F)c(C#N)c1)CC3.CNC(=O)OC. The number of alkyl carbamates (subject to hydrolysis) is 1. The Labute approximate surface area is 194 Å². The van der Waals surface area contributed by atoms with Crippen molar-refractivity contribution in [2.45, 2.75) is 19.5 Å². The molecule has 3 heterocycles. The van der Waals surface area contributed by atoms with E-state index in [9.17, 15) is 18.8 Å². The molecule has 0 spiro atoms. The molecule has 0 saturated carbocycles. The summed E-state index contributed by atoms with van der Waals surface area (Å²) < 4.78 is 19.2. The fraction of sp³-hybridized carbons (Fsp3) is 0.381. The van der Waals surface area contributed by atoms with Crippen molar-refractivity contribution in [3.8, 4) is 6.07 Å². The number of hydroxylamine groups is 2. The van der Waals surface area contributed by atoms with Crippen molar-refractivity contribution >= 4 is 23.7 Å². The van der Waals surface area contributed by atoms with Crippen LogP contribution in [0.25, 0.3) is 0 Å². The second-order valence-electron chi connectivity index (χ2n) is 7.28. The van der Waals surface area contributed by atoms with E-state index in [1.807, 2.05) is 0 Å². The molecule has 13 heteroatoms. The highest BCUT2D eigenvalue weighted by molar-refractivity contribution is 5.94. The van der Waals surface area contributed by atoms with E-state index in [1.54, 1.807) is 22.7 Å². The number of ether oxygens (including phenoxy) is 1. The number of rotatable bonds is 1. The van der Waals surface area contributed by atoms with Gasteiger partial charge in [-0.3, -0.25) is 14.3 Å². The zero-order valence-electron chi connectivity index (χ0n) is 18.9. The van der Waals surface area contributed by atoms with Gasteiger partial charge in [0.05, 0.1) is 38.1 Å². The first kappa shape index (κ1) is 24.5. The van der Waals surface area contributed by atoms with Crippen LogP contribution in [0.2, 0.25) is 0 Å². The van der Waals surface area contributed by atoms with Gasteiger partial charge in [-0.1, -0.05) is 0 Å². The van der Waals surface area contributed by atoms with E-state index >= 15 is 0 Å². The van der Waals surface area contributed by atoms with E-state index in [4.69, 9.17) is 10.1 Å². The van der Waals surface area contributed by atoms with Crippen molar-refractivity contribution in [3.63, 3.8) is 0 Å². The van der Waals surface area contributed by atoms with Gasteiger partial charge in [-0.25, -0.2) is 19.0 Å². The summed E-state index contributed by atoms with van der Waals surface area (Å²) >= 11 is 0. The number of carbonyl (C=O) groups excluding carboxylic acids is 3. The largest absolute Gasteiger partial charge is 0.453 e. The molecule has 4 rings (SSSR count). The zero-order chi connectivity index (χ0) is 24.8. The molecule has 2 aliphatic rings. The number of urea groups is 1. The Morgan fingerprint density at radius 2 is 2.09 bits per heavy atom. The van der Waals surface area contributed by atoms with Crippen molar-refractivity contribution in [1.82, 2.24) is 25.1 Å². The van der Waals surface area contributed by atoms with E-state index in [1.165, 1.54) is 31.4 Å². The van der Waals surface area contributed by atoms with Crippen molar-refractivity contribution < 1.29 is 28.3 Å². The third-order valence-corrected chi connectivity index (χ3v) is 5.19. The molecule has 1 aromatic heterocycles. The van der Waals surface area contributed by atoms with Crippen LogP contribution in [0.3, 0.4) is 0 Å². The van der Waals surface area contributed by atoms with Crippen molar-refractivity contribution in [2.75, 3.05) is 39.7 Å². The number of carbonyl (C=O) groups is 3. The molecule has 0 aliphatic carbocycles. The van der Waals surface area contributed by atoms with Crippen LogP contribution in [0, 0.1) is 17.1 Å². The monoisotopic (exact) mass is 473 g/mol. The maximum atomic E-state index is 13.5. The lowest BCUT2D eigenvalue weighted by atomic mass is 10.1. The van der Waals surface area contributed by atoms with Crippen LogP contribution in [-0.4, -0.2) is 72.1 Å². The van der Waals surface area contributed by atoms with Crippen LogP contribution in [0.1, 0.15) is 27.3 Å². The minimum absolute atomic E-state index is 0.144. The number of nitrogens with zero attached hydrogens (tertiary/aromatic N) is 5. The average Bonchev–Trinajstić information content (AvgIpc) is 3.14. The van der Waals surface area contributed by atoms with E-state index in [0.717, 1.165) is 11.8 Å². The molecule has 2 aliphatic heterocycles. The van der Waals surface area contributed by atoms with Crippen LogP contribution < -0.4 is 10.6 Å². The van der Waals surface area contributed by atoms with Crippen LogP contribution in [-0.2, 0) is 29.1 Å². The lowest BCUT2D eigenvalue weighted by molar-refractivity contribution is -0.103. The molecule has 12 nitrogen and oxygen atoms in total. The molecule has 0 saturated heterocycles. The summed E-state index contributed by atoms with van der Waals surface area (Å²) in [6.45, 7) is 1.45. The van der Waals surface area contributed by atoms with E-state index in [0.29, 0.717) is 43.1 Å². The Kier molecular flexibility index (Phi) is 7.64. The molecule has 0 fully saturated rings. The van der Waals surface area contributed by atoms with Gasteiger partial charge in [0, 0.05) is 38.3 Å². The fourth-order valence-corrected chi connectivity index (χ4v) is 3.47. The molecule has 180 valence electrons. The van der Waals surface area contributed by atoms with Crippen LogP contribution >= 0.6 is 0 Å². The van der Waals surface area contributed by atoms with E-state index < -0.39 is 17.9 Å². The highest BCUT2D eigenvalue weighted by Crippen LogP contribution is 2.25. The zero-order valence-corrected chi connectivity index (χ0v) is 18.9. The molecule has 1 aromatic carbocycles. The van der Waals surface area contributed by atoms with Gasteiger partial charge < -0.3 is 20.3 Å². The maximum absolute atomic E-state index is 13.5. The van der Waals surface area contributed by atoms with Crippen molar-refractivity contribution in [2.24, 2.45) is 0 Å². The molecule has 0 unspecified atom stereocenters. The number of anilines is 1. The summed E-state index contributed by atoms with van der Waals surface area (Å²) in [6, 6.07) is 5.16. The van der Waals surface area contributed by atoms with Crippen molar-refractivity contribution in [3.05, 3.63) is 46.5 Å². The smallest absolute Gasteiger partial charge is 0.406 e. The maximum Gasteiger partial charge on any atom is 0.406 e. The summed E-state index contributed by atoms with van der Waals surface area (Å²) in [6.07, 6.45) is 0.114. The number of methoxy groups -OCH3 is 1. The third kappa shape index (κ3) is 5.24. The number of hydrogen-bond donors (Lipinski definition) is 2. The quantitative estimate of drug-likeness (QED) is 0.639. The van der Waals surface area contributed by atoms with Crippen molar-refractivity contribution in [1.29, 1.82) is 5.26 Å². The molecule has 0 atom stereocenters. The number of aromatic nitrogens is 2. The summed E-state index contributed by atoms with van der Waals surface area (Å²) in [7, 11) is 4.37. The van der Waals surface area contributed by atoms with Gasteiger partial charge in [0.15, 0.2) is 0 Å². The Hall–Kier alpha value is -4.18. The topological polar surface area (TPSA) is 142 Å². The number of nitrogens with one attached hydrogen (secondary N) is 2. The number of halogens is 1. The first-order valence-electron chi connectivity index (χ1n) is 10.3. The number of amides is 4. The predicted molar refractivity (Wildman–Crippen MR) is 116 cm³/mol. The number of fused-ring (bicyclic) bond motifs is 3. The second-order valence-corrected chi connectivity index (χ2v) is 7.28. The van der Waals surface area contributed by atoms with Gasteiger partial charge in [-0.15, -0.1) is 0 Å². The minimum Gasteiger partial charge on any atom is -0.453 e. The summed E-state index contributed by atoms with van der Waals surface area (Å²) in [5.41, 5.74) is 2.12. The lowest BCUT2D eigenvalue weighted by Gasteiger charge is -2.27.